The fourth-order valence-corrected chi connectivity index (χ4v) is 2.38. The number of thiocarbonyl (C=S) groups is 1. The Kier molecular flexibility index (Phi) is 5.15. The lowest BCUT2D eigenvalue weighted by molar-refractivity contribution is 0.113. The molecule has 1 aliphatic rings. The highest BCUT2D eigenvalue weighted by atomic mass is 32.1. The molecule has 0 bridgehead atoms. The summed E-state index contributed by atoms with van der Waals surface area (Å²) in [5, 5.41) is 8.30. The molecular weight excluding hydrogens is 260 g/mol. The summed E-state index contributed by atoms with van der Waals surface area (Å²) in [4.78, 5) is 2.04. The van der Waals surface area contributed by atoms with Crippen LogP contribution in [0.1, 0.15) is 25.5 Å². The predicted molar refractivity (Wildman–Crippen MR) is 78.9 cm³/mol. The average Bonchev–Trinajstić information content (AvgIpc) is 3.06. The van der Waals surface area contributed by atoms with Crippen LogP contribution in [0.5, 0.6) is 0 Å². The summed E-state index contributed by atoms with van der Waals surface area (Å²) in [6.45, 7) is 5.42. The van der Waals surface area contributed by atoms with Crippen LogP contribution in [-0.4, -0.2) is 46.1 Å². The second-order valence-corrected chi connectivity index (χ2v) is 5.20. The maximum Gasteiger partial charge on any atom is 0.169 e. The first kappa shape index (κ1) is 14.3. The fraction of sp³-hybridized carbons (Fsp3) is 0.692. The summed E-state index contributed by atoms with van der Waals surface area (Å²) in [6.07, 6.45) is 4.43. The van der Waals surface area contributed by atoms with Gasteiger partial charge in [0.1, 0.15) is 0 Å². The van der Waals surface area contributed by atoms with Gasteiger partial charge < -0.3 is 15.0 Å². The Morgan fingerprint density at radius 3 is 3.21 bits per heavy atom. The van der Waals surface area contributed by atoms with E-state index in [0.29, 0.717) is 6.10 Å². The lowest BCUT2D eigenvalue weighted by Gasteiger charge is -2.22. The van der Waals surface area contributed by atoms with Gasteiger partial charge in [-0.25, -0.2) is 0 Å². The highest BCUT2D eigenvalue weighted by Crippen LogP contribution is 2.10. The third-order valence-corrected chi connectivity index (χ3v) is 3.81. The number of hydrogen-bond acceptors (Lipinski definition) is 3. The van der Waals surface area contributed by atoms with Crippen LogP contribution in [0.4, 0.5) is 0 Å². The highest BCUT2D eigenvalue weighted by Gasteiger charge is 2.16. The van der Waals surface area contributed by atoms with Crippen molar-refractivity contribution in [3.63, 3.8) is 0 Å². The van der Waals surface area contributed by atoms with Crippen LogP contribution in [-0.2, 0) is 17.8 Å². The molecule has 106 valence electrons. The standard InChI is InChI=1S/C13H22N4OS/c1-3-17-11(6-7-15-17)10-16(2)13(19)14-9-12-5-4-8-18-12/h6-7,12H,3-5,8-10H2,1-2H3,(H,14,19). The largest absolute Gasteiger partial charge is 0.376 e. The van der Waals surface area contributed by atoms with E-state index in [1.165, 1.54) is 5.69 Å². The minimum atomic E-state index is 0.313. The zero-order chi connectivity index (χ0) is 13.7. The maximum atomic E-state index is 5.57. The summed E-state index contributed by atoms with van der Waals surface area (Å²) in [5.74, 6) is 0. The maximum absolute atomic E-state index is 5.57. The average molecular weight is 282 g/mol. The molecule has 1 aromatic rings. The van der Waals surface area contributed by atoms with Gasteiger partial charge in [0, 0.05) is 32.9 Å². The molecule has 1 saturated heterocycles. The van der Waals surface area contributed by atoms with E-state index in [9.17, 15) is 0 Å². The Hall–Kier alpha value is -1.14. The second-order valence-electron chi connectivity index (χ2n) is 4.82. The van der Waals surface area contributed by atoms with Crippen molar-refractivity contribution >= 4 is 17.3 Å². The van der Waals surface area contributed by atoms with Gasteiger partial charge in [-0.15, -0.1) is 0 Å². The number of rotatable bonds is 5. The molecule has 1 aromatic heterocycles. The molecular formula is C13H22N4OS. The summed E-state index contributed by atoms with van der Waals surface area (Å²) in [7, 11) is 2.00. The van der Waals surface area contributed by atoms with Gasteiger partial charge in [-0.05, 0) is 38.0 Å². The molecule has 0 saturated carbocycles. The fourth-order valence-electron chi connectivity index (χ4n) is 2.24. The molecule has 19 heavy (non-hydrogen) atoms. The lowest BCUT2D eigenvalue weighted by Crippen LogP contribution is -2.40. The summed E-state index contributed by atoms with van der Waals surface area (Å²) in [6, 6.07) is 2.03. The Morgan fingerprint density at radius 2 is 2.53 bits per heavy atom. The van der Waals surface area contributed by atoms with E-state index in [4.69, 9.17) is 17.0 Å². The number of aryl methyl sites for hydroxylation is 1. The van der Waals surface area contributed by atoms with Crippen molar-refractivity contribution in [3.05, 3.63) is 18.0 Å². The minimum absolute atomic E-state index is 0.313. The number of ether oxygens (including phenoxy) is 1. The van der Waals surface area contributed by atoms with Crippen LogP contribution in [0.2, 0.25) is 0 Å². The van der Waals surface area contributed by atoms with Gasteiger partial charge in [-0.3, -0.25) is 4.68 Å². The third-order valence-electron chi connectivity index (χ3n) is 3.35. The third kappa shape index (κ3) is 3.91. The van der Waals surface area contributed by atoms with E-state index < -0.39 is 0 Å². The lowest BCUT2D eigenvalue weighted by atomic mass is 10.2. The first-order valence-corrected chi connectivity index (χ1v) is 7.22. The molecule has 1 aliphatic heterocycles. The minimum Gasteiger partial charge on any atom is -0.376 e. The molecule has 0 aliphatic carbocycles. The van der Waals surface area contributed by atoms with Crippen LogP contribution >= 0.6 is 12.2 Å². The number of nitrogens with zero attached hydrogens (tertiary/aromatic N) is 3. The predicted octanol–water partition coefficient (Wildman–Crippen LogP) is 1.39. The van der Waals surface area contributed by atoms with Crippen LogP contribution < -0.4 is 5.32 Å². The van der Waals surface area contributed by atoms with Gasteiger partial charge in [0.15, 0.2) is 5.11 Å². The van der Waals surface area contributed by atoms with E-state index in [-0.39, 0.29) is 0 Å². The molecule has 2 heterocycles. The SMILES string of the molecule is CCn1nccc1CN(C)C(=S)NCC1CCCO1. The topological polar surface area (TPSA) is 42.3 Å². The first-order valence-electron chi connectivity index (χ1n) is 6.82. The molecule has 0 aromatic carbocycles. The Labute approximate surface area is 119 Å². The van der Waals surface area contributed by atoms with Crippen molar-refractivity contribution in [2.45, 2.75) is 39.0 Å². The molecule has 1 unspecified atom stereocenters. The van der Waals surface area contributed by atoms with Crippen molar-refractivity contribution in [2.75, 3.05) is 20.2 Å². The van der Waals surface area contributed by atoms with Crippen molar-refractivity contribution < 1.29 is 4.74 Å². The zero-order valence-corrected chi connectivity index (χ0v) is 12.4. The summed E-state index contributed by atoms with van der Waals surface area (Å²) < 4.78 is 7.56. The Bertz CT molecular complexity index is 415. The van der Waals surface area contributed by atoms with Crippen LogP contribution in [0.3, 0.4) is 0 Å². The summed E-state index contributed by atoms with van der Waals surface area (Å²) in [5.41, 5.74) is 1.17. The zero-order valence-electron chi connectivity index (χ0n) is 11.6. The molecule has 6 heteroatoms. The number of nitrogens with one attached hydrogen (secondary N) is 1. The van der Waals surface area contributed by atoms with Crippen molar-refractivity contribution in [3.8, 4) is 0 Å². The van der Waals surface area contributed by atoms with Crippen molar-refractivity contribution in [1.29, 1.82) is 0 Å². The van der Waals surface area contributed by atoms with Gasteiger partial charge in [0.2, 0.25) is 0 Å². The molecule has 5 nitrogen and oxygen atoms in total. The molecule has 1 atom stereocenters. The van der Waals surface area contributed by atoms with Crippen molar-refractivity contribution in [1.82, 2.24) is 20.0 Å². The van der Waals surface area contributed by atoms with E-state index in [1.54, 1.807) is 0 Å². The molecule has 0 amide bonds. The Balaban J connectivity index is 1.78. The molecule has 1 fully saturated rings. The summed E-state index contributed by atoms with van der Waals surface area (Å²) >= 11 is 5.39. The van der Waals surface area contributed by atoms with Gasteiger partial charge >= 0.3 is 0 Å². The highest BCUT2D eigenvalue weighted by molar-refractivity contribution is 7.80. The Morgan fingerprint density at radius 1 is 1.68 bits per heavy atom. The molecule has 0 radical (unpaired) electrons. The van der Waals surface area contributed by atoms with E-state index in [1.807, 2.05) is 28.9 Å². The number of hydrogen-bond donors (Lipinski definition) is 1. The van der Waals surface area contributed by atoms with Crippen LogP contribution in [0, 0.1) is 0 Å². The van der Waals surface area contributed by atoms with Gasteiger partial charge in [0.05, 0.1) is 18.3 Å². The van der Waals surface area contributed by atoms with Crippen LogP contribution in [0.15, 0.2) is 12.3 Å². The van der Waals surface area contributed by atoms with Gasteiger partial charge in [-0.1, -0.05) is 0 Å². The first-order chi connectivity index (χ1) is 9.20. The molecule has 0 spiro atoms. The normalized spacial score (nSPS) is 18.5. The smallest absolute Gasteiger partial charge is 0.169 e. The van der Waals surface area contributed by atoms with E-state index in [2.05, 4.69) is 17.3 Å². The van der Waals surface area contributed by atoms with E-state index in [0.717, 1.165) is 44.2 Å². The van der Waals surface area contributed by atoms with Gasteiger partial charge in [-0.2, -0.15) is 5.10 Å². The van der Waals surface area contributed by atoms with E-state index >= 15 is 0 Å². The molecule has 1 N–H and O–H groups in total. The molecule has 2 rings (SSSR count). The van der Waals surface area contributed by atoms with Gasteiger partial charge in [0.25, 0.3) is 0 Å². The number of aromatic nitrogens is 2. The van der Waals surface area contributed by atoms with Crippen LogP contribution in [0.25, 0.3) is 0 Å². The monoisotopic (exact) mass is 282 g/mol. The quantitative estimate of drug-likeness (QED) is 0.827. The second kappa shape index (κ2) is 6.86. The van der Waals surface area contributed by atoms with Crippen molar-refractivity contribution in [2.24, 2.45) is 0 Å².